The maximum Gasteiger partial charge on any atom is 0.151 e. The van der Waals surface area contributed by atoms with E-state index in [0.29, 0.717) is 0 Å². The molecule has 2 heterocycles. The highest BCUT2D eigenvalue weighted by Crippen LogP contribution is 2.27. The second kappa shape index (κ2) is 5.48. The fourth-order valence-corrected chi connectivity index (χ4v) is 2.43. The van der Waals surface area contributed by atoms with Crippen molar-refractivity contribution in [3.63, 3.8) is 0 Å². The molecule has 0 aliphatic rings. The first-order valence-corrected chi connectivity index (χ1v) is 7.13. The third-order valence-corrected chi connectivity index (χ3v) is 3.75. The van der Waals surface area contributed by atoms with Crippen LogP contribution >= 0.6 is 0 Å². The molecular weight excluding hydrogens is 260 g/mol. The Morgan fingerprint density at radius 1 is 1.05 bits per heavy atom. The van der Waals surface area contributed by atoms with Crippen molar-refractivity contribution in [3.05, 3.63) is 47.7 Å². The second-order valence-electron chi connectivity index (χ2n) is 5.09. The number of hydrogen-bond acceptors (Lipinski definition) is 4. The fourth-order valence-electron chi connectivity index (χ4n) is 2.43. The van der Waals surface area contributed by atoms with Gasteiger partial charge in [0, 0.05) is 23.7 Å². The maximum atomic E-state index is 4.41. The number of fused-ring (bicyclic) bond motifs is 1. The van der Waals surface area contributed by atoms with Gasteiger partial charge in [0.2, 0.25) is 0 Å². The Morgan fingerprint density at radius 3 is 2.71 bits per heavy atom. The molecule has 21 heavy (non-hydrogen) atoms. The Labute approximate surface area is 124 Å². The van der Waals surface area contributed by atoms with Gasteiger partial charge >= 0.3 is 0 Å². The van der Waals surface area contributed by atoms with Crippen LogP contribution in [0, 0.1) is 13.8 Å². The Bertz CT molecular complexity index is 796. The van der Waals surface area contributed by atoms with Crippen molar-refractivity contribution in [3.8, 4) is 11.3 Å². The smallest absolute Gasteiger partial charge is 0.151 e. The first-order valence-electron chi connectivity index (χ1n) is 7.13. The molecule has 1 N–H and O–H groups in total. The standard InChI is InChI=1S/C17H18N4/c1-4-18-17-12(3)11(2)16(20-21-17)14-8-7-13-6-5-9-19-15(13)10-14/h5-10H,4H2,1-3H3,(H,18,21). The van der Waals surface area contributed by atoms with E-state index < -0.39 is 0 Å². The predicted molar refractivity (Wildman–Crippen MR) is 86.4 cm³/mol. The molecular formula is C17H18N4. The van der Waals surface area contributed by atoms with Gasteiger partial charge in [0.15, 0.2) is 5.82 Å². The molecule has 4 nitrogen and oxygen atoms in total. The fraction of sp³-hybridized carbons (Fsp3) is 0.235. The van der Waals surface area contributed by atoms with Gasteiger partial charge in [0.1, 0.15) is 0 Å². The van der Waals surface area contributed by atoms with Gasteiger partial charge in [0.05, 0.1) is 11.2 Å². The molecule has 0 aliphatic carbocycles. The van der Waals surface area contributed by atoms with Crippen molar-refractivity contribution < 1.29 is 0 Å². The third kappa shape index (κ3) is 2.44. The van der Waals surface area contributed by atoms with E-state index in [2.05, 4.69) is 65.5 Å². The van der Waals surface area contributed by atoms with E-state index in [1.165, 1.54) is 0 Å². The van der Waals surface area contributed by atoms with Crippen molar-refractivity contribution in [1.29, 1.82) is 0 Å². The molecule has 0 unspecified atom stereocenters. The second-order valence-corrected chi connectivity index (χ2v) is 5.09. The van der Waals surface area contributed by atoms with Crippen LogP contribution in [-0.4, -0.2) is 21.7 Å². The SMILES string of the molecule is CCNc1nnc(-c2ccc3cccnc3c2)c(C)c1C. The summed E-state index contributed by atoms with van der Waals surface area (Å²) in [5, 5.41) is 13.1. The Hall–Kier alpha value is -2.49. The molecule has 0 saturated carbocycles. The number of benzene rings is 1. The molecule has 0 radical (unpaired) electrons. The molecule has 2 aromatic heterocycles. The number of nitrogens with one attached hydrogen (secondary N) is 1. The molecule has 0 saturated heterocycles. The van der Waals surface area contributed by atoms with Crippen molar-refractivity contribution in [1.82, 2.24) is 15.2 Å². The van der Waals surface area contributed by atoms with Gasteiger partial charge in [0.25, 0.3) is 0 Å². The molecule has 3 aromatic rings. The summed E-state index contributed by atoms with van der Waals surface area (Å²) >= 11 is 0. The van der Waals surface area contributed by atoms with Crippen LogP contribution in [0.1, 0.15) is 18.1 Å². The third-order valence-electron chi connectivity index (χ3n) is 3.75. The van der Waals surface area contributed by atoms with Crippen molar-refractivity contribution >= 4 is 16.7 Å². The minimum absolute atomic E-state index is 0.841. The van der Waals surface area contributed by atoms with Crippen LogP contribution in [0.5, 0.6) is 0 Å². The highest BCUT2D eigenvalue weighted by atomic mass is 15.2. The quantitative estimate of drug-likeness (QED) is 0.793. The van der Waals surface area contributed by atoms with E-state index in [-0.39, 0.29) is 0 Å². The molecule has 0 fully saturated rings. The zero-order chi connectivity index (χ0) is 14.8. The summed E-state index contributed by atoms with van der Waals surface area (Å²) in [5.74, 6) is 0.859. The highest BCUT2D eigenvalue weighted by Gasteiger charge is 2.11. The Morgan fingerprint density at radius 2 is 1.90 bits per heavy atom. The number of aromatic nitrogens is 3. The van der Waals surface area contributed by atoms with Crippen molar-refractivity contribution in [2.45, 2.75) is 20.8 Å². The molecule has 0 amide bonds. The number of pyridine rings is 1. The Balaban J connectivity index is 2.12. The average molecular weight is 278 g/mol. The molecule has 4 heteroatoms. The lowest BCUT2D eigenvalue weighted by atomic mass is 10.0. The van der Waals surface area contributed by atoms with Gasteiger partial charge < -0.3 is 5.32 Å². The van der Waals surface area contributed by atoms with Crippen LogP contribution < -0.4 is 5.32 Å². The van der Waals surface area contributed by atoms with Gasteiger partial charge in [-0.1, -0.05) is 18.2 Å². The van der Waals surface area contributed by atoms with E-state index in [9.17, 15) is 0 Å². The number of rotatable bonds is 3. The van der Waals surface area contributed by atoms with Gasteiger partial charge in [-0.2, -0.15) is 0 Å². The van der Waals surface area contributed by atoms with Crippen LogP contribution in [0.15, 0.2) is 36.5 Å². The maximum absolute atomic E-state index is 4.41. The van der Waals surface area contributed by atoms with E-state index in [1.807, 2.05) is 12.3 Å². The molecule has 106 valence electrons. The van der Waals surface area contributed by atoms with Gasteiger partial charge in [-0.15, -0.1) is 10.2 Å². The van der Waals surface area contributed by atoms with E-state index in [4.69, 9.17) is 0 Å². The van der Waals surface area contributed by atoms with E-state index >= 15 is 0 Å². The number of hydrogen-bond donors (Lipinski definition) is 1. The van der Waals surface area contributed by atoms with Crippen LogP contribution in [0.3, 0.4) is 0 Å². The van der Waals surface area contributed by atoms with Crippen molar-refractivity contribution in [2.24, 2.45) is 0 Å². The first-order chi connectivity index (χ1) is 10.2. The molecule has 0 aliphatic heterocycles. The van der Waals surface area contributed by atoms with Gasteiger partial charge in [-0.05, 0) is 44.0 Å². The molecule has 0 atom stereocenters. The number of anilines is 1. The predicted octanol–water partition coefficient (Wildman–Crippen LogP) is 3.74. The lowest BCUT2D eigenvalue weighted by Crippen LogP contribution is -2.06. The minimum Gasteiger partial charge on any atom is -0.369 e. The molecule has 1 aromatic carbocycles. The van der Waals surface area contributed by atoms with Crippen molar-refractivity contribution in [2.75, 3.05) is 11.9 Å². The zero-order valence-electron chi connectivity index (χ0n) is 12.5. The van der Waals surface area contributed by atoms with Gasteiger partial charge in [-0.3, -0.25) is 4.98 Å². The molecule has 0 spiro atoms. The normalized spacial score (nSPS) is 10.8. The van der Waals surface area contributed by atoms with Crippen LogP contribution in [0.25, 0.3) is 22.2 Å². The average Bonchev–Trinajstić information content (AvgIpc) is 2.52. The monoisotopic (exact) mass is 278 g/mol. The summed E-state index contributed by atoms with van der Waals surface area (Å²) < 4.78 is 0. The van der Waals surface area contributed by atoms with Crippen LogP contribution in [0.2, 0.25) is 0 Å². The lowest BCUT2D eigenvalue weighted by Gasteiger charge is -2.12. The lowest BCUT2D eigenvalue weighted by molar-refractivity contribution is 0.987. The summed E-state index contributed by atoms with van der Waals surface area (Å²) in [7, 11) is 0. The summed E-state index contributed by atoms with van der Waals surface area (Å²) in [4.78, 5) is 4.41. The van der Waals surface area contributed by atoms with Crippen LogP contribution in [-0.2, 0) is 0 Å². The number of nitrogens with zero attached hydrogens (tertiary/aromatic N) is 3. The summed E-state index contributed by atoms with van der Waals surface area (Å²) in [6, 6.07) is 10.2. The van der Waals surface area contributed by atoms with E-state index in [0.717, 1.165) is 45.6 Å². The topological polar surface area (TPSA) is 50.7 Å². The highest BCUT2D eigenvalue weighted by molar-refractivity contribution is 5.84. The molecule has 3 rings (SSSR count). The Kier molecular flexibility index (Phi) is 3.52. The molecule has 0 bridgehead atoms. The largest absolute Gasteiger partial charge is 0.369 e. The minimum atomic E-state index is 0.841. The van der Waals surface area contributed by atoms with E-state index in [1.54, 1.807) is 0 Å². The summed E-state index contributed by atoms with van der Waals surface area (Å²) in [5.41, 5.74) is 5.24. The zero-order valence-corrected chi connectivity index (χ0v) is 12.5. The van der Waals surface area contributed by atoms with Crippen LogP contribution in [0.4, 0.5) is 5.82 Å². The summed E-state index contributed by atoms with van der Waals surface area (Å²) in [6.07, 6.45) is 1.81. The summed E-state index contributed by atoms with van der Waals surface area (Å²) in [6.45, 7) is 7.06. The van der Waals surface area contributed by atoms with Gasteiger partial charge in [-0.25, -0.2) is 0 Å². The first kappa shape index (κ1) is 13.5.